The molecule has 0 aromatic carbocycles. The zero-order valence-electron chi connectivity index (χ0n) is 13.4. The first-order chi connectivity index (χ1) is 10.7. The first kappa shape index (κ1) is 16.0. The van der Waals surface area contributed by atoms with E-state index in [1.54, 1.807) is 11.3 Å². The number of nitrogens with zero attached hydrogens (tertiary/aromatic N) is 2. The summed E-state index contributed by atoms with van der Waals surface area (Å²) >= 11 is 1.66. The number of likely N-dealkylation sites (N-methyl/N-ethyl adjacent to an activating group) is 1. The maximum Gasteiger partial charge on any atom is 0.227 e. The number of thiophene rings is 1. The molecule has 1 spiro atoms. The van der Waals surface area contributed by atoms with Crippen LogP contribution in [-0.2, 0) is 16.0 Å². The quantitative estimate of drug-likeness (QED) is 0.856. The lowest BCUT2D eigenvalue weighted by molar-refractivity contribution is -0.135. The Balaban J connectivity index is 1.66. The van der Waals surface area contributed by atoms with Crippen molar-refractivity contribution in [1.29, 1.82) is 0 Å². The van der Waals surface area contributed by atoms with Crippen molar-refractivity contribution >= 4 is 17.2 Å². The Labute approximate surface area is 137 Å². The Morgan fingerprint density at radius 2 is 2.32 bits per heavy atom. The monoisotopic (exact) mass is 322 g/mol. The second-order valence-electron chi connectivity index (χ2n) is 6.65. The molecule has 122 valence electrons. The summed E-state index contributed by atoms with van der Waals surface area (Å²) < 4.78 is 5.88. The average molecular weight is 322 g/mol. The highest BCUT2D eigenvalue weighted by molar-refractivity contribution is 7.07. The van der Waals surface area contributed by atoms with Crippen LogP contribution in [0.1, 0.15) is 25.3 Å². The third-order valence-electron chi connectivity index (χ3n) is 4.92. The molecule has 2 aliphatic rings. The van der Waals surface area contributed by atoms with Crippen molar-refractivity contribution in [2.75, 3.05) is 45.9 Å². The Morgan fingerprint density at radius 1 is 1.41 bits per heavy atom. The maximum absolute atomic E-state index is 12.6. The molecule has 1 unspecified atom stereocenters. The van der Waals surface area contributed by atoms with E-state index in [9.17, 15) is 4.79 Å². The van der Waals surface area contributed by atoms with Gasteiger partial charge in [0, 0.05) is 31.6 Å². The molecular weight excluding hydrogens is 296 g/mol. The van der Waals surface area contributed by atoms with Crippen LogP contribution in [-0.4, -0.2) is 61.6 Å². The van der Waals surface area contributed by atoms with Gasteiger partial charge in [0.2, 0.25) is 5.91 Å². The largest absolute Gasteiger partial charge is 0.379 e. The van der Waals surface area contributed by atoms with Crippen molar-refractivity contribution in [3.05, 3.63) is 22.4 Å². The standard InChI is InChI=1S/C17H26N2O2S/c1-2-18-7-8-21-14-17(12-18)5-3-6-19(13-17)16(20)10-15-4-9-22-11-15/h4,9,11H,2-3,5-8,10,12-14H2,1H3. The lowest BCUT2D eigenvalue weighted by atomic mass is 9.80. The molecule has 1 aromatic rings. The van der Waals surface area contributed by atoms with E-state index >= 15 is 0 Å². The van der Waals surface area contributed by atoms with E-state index in [0.717, 1.165) is 57.9 Å². The molecule has 1 atom stereocenters. The van der Waals surface area contributed by atoms with Crippen LogP contribution in [0, 0.1) is 5.41 Å². The van der Waals surface area contributed by atoms with E-state index < -0.39 is 0 Å². The van der Waals surface area contributed by atoms with Gasteiger partial charge in [-0.1, -0.05) is 6.92 Å². The summed E-state index contributed by atoms with van der Waals surface area (Å²) in [5.74, 6) is 0.268. The fourth-order valence-corrected chi connectivity index (χ4v) is 4.37. The summed E-state index contributed by atoms with van der Waals surface area (Å²) in [6, 6.07) is 2.05. The van der Waals surface area contributed by atoms with E-state index in [2.05, 4.69) is 28.2 Å². The second-order valence-corrected chi connectivity index (χ2v) is 7.43. The molecule has 2 saturated heterocycles. The van der Waals surface area contributed by atoms with E-state index in [4.69, 9.17) is 4.74 Å². The molecule has 3 heterocycles. The number of piperidine rings is 1. The summed E-state index contributed by atoms with van der Waals surface area (Å²) in [6.07, 6.45) is 2.81. The van der Waals surface area contributed by atoms with Gasteiger partial charge in [-0.3, -0.25) is 4.79 Å². The lowest BCUT2D eigenvalue weighted by Crippen LogP contribution is -2.52. The maximum atomic E-state index is 12.6. The first-order valence-electron chi connectivity index (χ1n) is 8.30. The number of rotatable bonds is 3. The van der Waals surface area contributed by atoms with E-state index in [0.29, 0.717) is 6.42 Å². The zero-order valence-corrected chi connectivity index (χ0v) is 14.2. The van der Waals surface area contributed by atoms with Crippen molar-refractivity contribution in [2.24, 2.45) is 5.41 Å². The number of hydrogen-bond acceptors (Lipinski definition) is 4. The predicted molar refractivity (Wildman–Crippen MR) is 89.2 cm³/mol. The molecule has 1 amide bonds. The SMILES string of the molecule is CCN1CCOCC2(CCCN(C(=O)Cc3ccsc3)C2)C1. The molecule has 0 bridgehead atoms. The number of ether oxygens (including phenoxy) is 1. The highest BCUT2D eigenvalue weighted by Crippen LogP contribution is 2.33. The molecule has 0 radical (unpaired) electrons. The zero-order chi connectivity index (χ0) is 15.4. The molecule has 2 fully saturated rings. The summed E-state index contributed by atoms with van der Waals surface area (Å²) in [5.41, 5.74) is 1.27. The third-order valence-corrected chi connectivity index (χ3v) is 5.65. The van der Waals surface area contributed by atoms with E-state index in [1.165, 1.54) is 6.42 Å². The van der Waals surface area contributed by atoms with Crippen LogP contribution in [0.3, 0.4) is 0 Å². The second kappa shape index (κ2) is 7.11. The van der Waals surface area contributed by atoms with E-state index in [-0.39, 0.29) is 11.3 Å². The first-order valence-corrected chi connectivity index (χ1v) is 9.24. The van der Waals surface area contributed by atoms with Gasteiger partial charge >= 0.3 is 0 Å². The van der Waals surface area contributed by atoms with Crippen molar-refractivity contribution in [3.63, 3.8) is 0 Å². The third kappa shape index (κ3) is 3.70. The lowest BCUT2D eigenvalue weighted by Gasteiger charge is -2.43. The number of carbonyl (C=O) groups excluding carboxylic acids is 1. The van der Waals surface area contributed by atoms with Crippen LogP contribution in [0.25, 0.3) is 0 Å². The topological polar surface area (TPSA) is 32.8 Å². The Morgan fingerprint density at radius 3 is 3.09 bits per heavy atom. The molecule has 0 N–H and O–H groups in total. The molecule has 5 heteroatoms. The van der Waals surface area contributed by atoms with Crippen LogP contribution >= 0.6 is 11.3 Å². The van der Waals surface area contributed by atoms with Gasteiger partial charge in [0.1, 0.15) is 0 Å². The summed E-state index contributed by atoms with van der Waals surface area (Å²) in [5, 5.41) is 4.11. The minimum atomic E-state index is 0.134. The summed E-state index contributed by atoms with van der Waals surface area (Å²) in [4.78, 5) is 17.1. The summed E-state index contributed by atoms with van der Waals surface area (Å²) in [6.45, 7) is 8.72. The van der Waals surface area contributed by atoms with Crippen LogP contribution in [0.15, 0.2) is 16.8 Å². The van der Waals surface area contributed by atoms with E-state index in [1.807, 2.05) is 5.38 Å². The summed E-state index contributed by atoms with van der Waals surface area (Å²) in [7, 11) is 0. The highest BCUT2D eigenvalue weighted by atomic mass is 32.1. The average Bonchev–Trinajstić information content (AvgIpc) is 2.95. The van der Waals surface area contributed by atoms with Gasteiger partial charge in [0.05, 0.1) is 19.6 Å². The van der Waals surface area contributed by atoms with Crippen molar-refractivity contribution in [1.82, 2.24) is 9.80 Å². The van der Waals surface area contributed by atoms with Gasteiger partial charge < -0.3 is 14.5 Å². The smallest absolute Gasteiger partial charge is 0.227 e. The normalized spacial score (nSPS) is 27.0. The van der Waals surface area contributed by atoms with Gasteiger partial charge in [-0.25, -0.2) is 0 Å². The van der Waals surface area contributed by atoms with Gasteiger partial charge in [0.15, 0.2) is 0 Å². The molecule has 22 heavy (non-hydrogen) atoms. The number of amides is 1. The Bertz CT molecular complexity index is 491. The predicted octanol–water partition coefficient (Wildman–Crippen LogP) is 2.25. The fourth-order valence-electron chi connectivity index (χ4n) is 3.70. The number of likely N-dealkylation sites (tertiary alicyclic amines) is 1. The molecule has 3 rings (SSSR count). The highest BCUT2D eigenvalue weighted by Gasteiger charge is 2.39. The van der Waals surface area contributed by atoms with Crippen LogP contribution in [0.4, 0.5) is 0 Å². The fraction of sp³-hybridized carbons (Fsp3) is 0.706. The number of carbonyl (C=O) groups is 1. The molecule has 0 saturated carbocycles. The van der Waals surface area contributed by atoms with Gasteiger partial charge in [-0.05, 0) is 41.8 Å². The van der Waals surface area contributed by atoms with Gasteiger partial charge in [0.25, 0.3) is 0 Å². The van der Waals surface area contributed by atoms with Crippen molar-refractivity contribution in [3.8, 4) is 0 Å². The molecular formula is C17H26N2O2S. The number of hydrogen-bond donors (Lipinski definition) is 0. The van der Waals surface area contributed by atoms with Crippen LogP contribution in [0.2, 0.25) is 0 Å². The molecule has 2 aliphatic heterocycles. The van der Waals surface area contributed by atoms with Crippen LogP contribution in [0.5, 0.6) is 0 Å². The molecule has 4 nitrogen and oxygen atoms in total. The van der Waals surface area contributed by atoms with Crippen LogP contribution < -0.4 is 0 Å². The minimum Gasteiger partial charge on any atom is -0.379 e. The van der Waals surface area contributed by atoms with Gasteiger partial charge in [-0.2, -0.15) is 11.3 Å². The van der Waals surface area contributed by atoms with Crippen molar-refractivity contribution < 1.29 is 9.53 Å². The Hall–Kier alpha value is -0.910. The molecule has 0 aliphatic carbocycles. The Kier molecular flexibility index (Phi) is 5.16. The van der Waals surface area contributed by atoms with Gasteiger partial charge in [-0.15, -0.1) is 0 Å². The minimum absolute atomic E-state index is 0.134. The van der Waals surface area contributed by atoms with Crippen molar-refractivity contribution in [2.45, 2.75) is 26.2 Å². The molecule has 1 aromatic heterocycles.